The standard InChI is InChI=1S/C18H19N3/c1-2-16-5-3-4-6-18(16)20-13-15-7-9-17(10-8-15)21-12-11-19-14-21/h3-12,14,20H,2,13H2,1H3. The van der Waals surface area contributed by atoms with Crippen LogP contribution < -0.4 is 5.32 Å². The molecule has 0 aliphatic heterocycles. The minimum Gasteiger partial charge on any atom is -0.381 e. The number of anilines is 1. The number of benzene rings is 2. The highest BCUT2D eigenvalue weighted by atomic mass is 15.0. The Bertz CT molecular complexity index is 685. The molecule has 0 bridgehead atoms. The molecular formula is C18H19N3. The van der Waals surface area contributed by atoms with Gasteiger partial charge >= 0.3 is 0 Å². The normalized spacial score (nSPS) is 10.5. The van der Waals surface area contributed by atoms with Gasteiger partial charge in [0.1, 0.15) is 0 Å². The van der Waals surface area contributed by atoms with Crippen LogP contribution >= 0.6 is 0 Å². The van der Waals surface area contributed by atoms with Crippen molar-refractivity contribution in [3.05, 3.63) is 78.4 Å². The highest BCUT2D eigenvalue weighted by Crippen LogP contribution is 2.17. The van der Waals surface area contributed by atoms with Crippen LogP contribution in [0.5, 0.6) is 0 Å². The summed E-state index contributed by atoms with van der Waals surface area (Å²) in [4.78, 5) is 4.07. The van der Waals surface area contributed by atoms with Gasteiger partial charge in [0.05, 0.1) is 6.33 Å². The summed E-state index contributed by atoms with van der Waals surface area (Å²) in [7, 11) is 0. The molecule has 3 rings (SSSR count). The first-order valence-corrected chi connectivity index (χ1v) is 7.26. The Kier molecular flexibility index (Phi) is 4.01. The van der Waals surface area contributed by atoms with Crippen LogP contribution in [0.25, 0.3) is 5.69 Å². The van der Waals surface area contributed by atoms with Gasteiger partial charge < -0.3 is 9.88 Å². The van der Waals surface area contributed by atoms with Crippen molar-refractivity contribution < 1.29 is 0 Å². The zero-order valence-electron chi connectivity index (χ0n) is 12.2. The first-order chi connectivity index (χ1) is 10.4. The van der Waals surface area contributed by atoms with Crippen LogP contribution in [0.2, 0.25) is 0 Å². The summed E-state index contributed by atoms with van der Waals surface area (Å²) < 4.78 is 2.00. The monoisotopic (exact) mass is 277 g/mol. The second-order valence-electron chi connectivity index (χ2n) is 5.00. The number of aromatic nitrogens is 2. The SMILES string of the molecule is CCc1ccccc1NCc1ccc(-n2ccnc2)cc1. The van der Waals surface area contributed by atoms with E-state index in [1.54, 1.807) is 6.20 Å². The van der Waals surface area contributed by atoms with Crippen molar-refractivity contribution in [2.24, 2.45) is 0 Å². The predicted octanol–water partition coefficient (Wildman–Crippen LogP) is 4.05. The first-order valence-electron chi connectivity index (χ1n) is 7.26. The van der Waals surface area contributed by atoms with E-state index in [-0.39, 0.29) is 0 Å². The minimum absolute atomic E-state index is 0.835. The largest absolute Gasteiger partial charge is 0.381 e. The average Bonchev–Trinajstić information content (AvgIpc) is 3.08. The first kappa shape index (κ1) is 13.4. The van der Waals surface area contributed by atoms with E-state index in [9.17, 15) is 0 Å². The Hall–Kier alpha value is -2.55. The molecular weight excluding hydrogens is 258 g/mol. The summed E-state index contributed by atoms with van der Waals surface area (Å²) in [6.45, 7) is 3.02. The highest BCUT2D eigenvalue weighted by molar-refractivity contribution is 5.51. The molecule has 21 heavy (non-hydrogen) atoms. The van der Waals surface area contributed by atoms with Gasteiger partial charge in [0, 0.05) is 30.3 Å². The number of aryl methyl sites for hydroxylation is 1. The zero-order chi connectivity index (χ0) is 14.5. The van der Waals surface area contributed by atoms with Crippen molar-refractivity contribution in [2.45, 2.75) is 19.9 Å². The third-order valence-electron chi connectivity index (χ3n) is 3.62. The summed E-state index contributed by atoms with van der Waals surface area (Å²) in [6, 6.07) is 17.0. The van der Waals surface area contributed by atoms with Gasteiger partial charge in [-0.05, 0) is 35.7 Å². The fourth-order valence-electron chi connectivity index (χ4n) is 2.40. The minimum atomic E-state index is 0.835. The predicted molar refractivity (Wildman–Crippen MR) is 86.7 cm³/mol. The Labute approximate surface area is 125 Å². The van der Waals surface area contributed by atoms with Crippen molar-refractivity contribution in [3.63, 3.8) is 0 Å². The molecule has 0 fully saturated rings. The highest BCUT2D eigenvalue weighted by Gasteiger charge is 2.00. The molecule has 0 aliphatic carbocycles. The van der Waals surface area contributed by atoms with Crippen molar-refractivity contribution in [1.82, 2.24) is 9.55 Å². The second kappa shape index (κ2) is 6.27. The Balaban J connectivity index is 1.68. The molecule has 3 heteroatoms. The van der Waals surface area contributed by atoms with E-state index in [0.717, 1.165) is 18.7 Å². The van der Waals surface area contributed by atoms with Gasteiger partial charge in [-0.15, -0.1) is 0 Å². The van der Waals surface area contributed by atoms with Gasteiger partial charge in [0.2, 0.25) is 0 Å². The van der Waals surface area contributed by atoms with Crippen LogP contribution in [0, 0.1) is 0 Å². The van der Waals surface area contributed by atoms with Crippen LogP contribution in [-0.2, 0) is 13.0 Å². The van der Waals surface area contributed by atoms with Gasteiger partial charge in [-0.1, -0.05) is 37.3 Å². The van der Waals surface area contributed by atoms with Crippen LogP contribution in [-0.4, -0.2) is 9.55 Å². The van der Waals surface area contributed by atoms with E-state index in [2.05, 4.69) is 65.8 Å². The lowest BCUT2D eigenvalue weighted by molar-refractivity contribution is 1.05. The van der Waals surface area contributed by atoms with Crippen LogP contribution in [0.3, 0.4) is 0 Å². The summed E-state index contributed by atoms with van der Waals surface area (Å²) in [5, 5.41) is 3.52. The van der Waals surface area contributed by atoms with Gasteiger partial charge in [0.25, 0.3) is 0 Å². The molecule has 0 saturated heterocycles. The average molecular weight is 277 g/mol. The Morgan fingerprint density at radius 3 is 2.57 bits per heavy atom. The second-order valence-corrected chi connectivity index (χ2v) is 5.00. The maximum atomic E-state index is 4.07. The topological polar surface area (TPSA) is 29.9 Å². The van der Waals surface area contributed by atoms with E-state index in [0.29, 0.717) is 0 Å². The third-order valence-corrected chi connectivity index (χ3v) is 3.62. The molecule has 0 spiro atoms. The van der Waals surface area contributed by atoms with Crippen LogP contribution in [0.4, 0.5) is 5.69 Å². The fraction of sp³-hybridized carbons (Fsp3) is 0.167. The van der Waals surface area contributed by atoms with Gasteiger partial charge in [0.15, 0.2) is 0 Å². The van der Waals surface area contributed by atoms with Crippen molar-refractivity contribution >= 4 is 5.69 Å². The van der Waals surface area contributed by atoms with Gasteiger partial charge in [-0.25, -0.2) is 4.98 Å². The third kappa shape index (κ3) is 3.14. The van der Waals surface area contributed by atoms with E-state index in [1.807, 2.05) is 17.1 Å². The number of hydrogen-bond acceptors (Lipinski definition) is 2. The quantitative estimate of drug-likeness (QED) is 0.762. The number of imidazole rings is 1. The zero-order valence-corrected chi connectivity index (χ0v) is 12.2. The molecule has 0 radical (unpaired) electrons. The van der Waals surface area contributed by atoms with Crippen LogP contribution in [0.15, 0.2) is 67.3 Å². The smallest absolute Gasteiger partial charge is 0.0991 e. The molecule has 106 valence electrons. The summed E-state index contributed by atoms with van der Waals surface area (Å²) in [5.41, 5.74) is 4.97. The van der Waals surface area contributed by atoms with E-state index >= 15 is 0 Å². The summed E-state index contributed by atoms with van der Waals surface area (Å²) >= 11 is 0. The lowest BCUT2D eigenvalue weighted by Crippen LogP contribution is -2.02. The molecule has 0 aliphatic rings. The molecule has 3 nitrogen and oxygen atoms in total. The number of rotatable bonds is 5. The molecule has 0 saturated carbocycles. The van der Waals surface area contributed by atoms with Gasteiger partial charge in [-0.2, -0.15) is 0 Å². The maximum Gasteiger partial charge on any atom is 0.0991 e. The summed E-state index contributed by atoms with van der Waals surface area (Å²) in [5.74, 6) is 0. The van der Waals surface area contributed by atoms with Crippen molar-refractivity contribution in [2.75, 3.05) is 5.32 Å². The molecule has 2 aromatic carbocycles. The molecule has 1 heterocycles. The number of hydrogen-bond donors (Lipinski definition) is 1. The fourth-order valence-corrected chi connectivity index (χ4v) is 2.40. The number of nitrogens with one attached hydrogen (secondary N) is 1. The lowest BCUT2D eigenvalue weighted by atomic mass is 10.1. The maximum absolute atomic E-state index is 4.07. The molecule has 3 aromatic rings. The van der Waals surface area contributed by atoms with E-state index in [1.165, 1.54) is 16.8 Å². The van der Waals surface area contributed by atoms with Crippen molar-refractivity contribution in [3.8, 4) is 5.69 Å². The van der Waals surface area contributed by atoms with E-state index in [4.69, 9.17) is 0 Å². The molecule has 1 aromatic heterocycles. The molecule has 0 atom stereocenters. The molecule has 1 N–H and O–H groups in total. The van der Waals surface area contributed by atoms with Crippen LogP contribution in [0.1, 0.15) is 18.1 Å². The lowest BCUT2D eigenvalue weighted by Gasteiger charge is -2.11. The number of para-hydroxylation sites is 1. The molecule has 0 unspecified atom stereocenters. The Morgan fingerprint density at radius 2 is 1.86 bits per heavy atom. The number of nitrogens with zero attached hydrogens (tertiary/aromatic N) is 2. The van der Waals surface area contributed by atoms with Crippen molar-refractivity contribution in [1.29, 1.82) is 0 Å². The van der Waals surface area contributed by atoms with E-state index < -0.39 is 0 Å². The summed E-state index contributed by atoms with van der Waals surface area (Å²) in [6.07, 6.45) is 6.59. The van der Waals surface area contributed by atoms with Gasteiger partial charge in [-0.3, -0.25) is 0 Å². The Morgan fingerprint density at radius 1 is 1.05 bits per heavy atom. The molecule has 0 amide bonds.